The molecule has 1 aliphatic rings. The molecular formula is C30H48N4O6S2. The number of esters is 1. The molecule has 0 aromatic heterocycles. The van der Waals surface area contributed by atoms with Gasteiger partial charge in [-0.1, -0.05) is 45.0 Å². The van der Waals surface area contributed by atoms with Crippen LogP contribution in [0.5, 0.6) is 0 Å². The summed E-state index contributed by atoms with van der Waals surface area (Å²) in [5.41, 5.74) is 0.770. The second kappa shape index (κ2) is 15.9. The molecule has 236 valence electrons. The standard InChI is InChI=1S/C30H48N4O6S2/c1-29(2,3)24(31-16-21(18-41)32-28(38)40-30(4,5)6)26(36)34-17-20-12-10-9-11-19(20)15-23(34)25(35)33-22(13-14-42-8)27(37)39-7/h9-12,21-24,31,41H,13-18H2,1-8H3,(H,32,38)(H,33,35)/t21-,22+,23+,24-/m1/s1. The summed E-state index contributed by atoms with van der Waals surface area (Å²) in [7, 11) is 1.29. The van der Waals surface area contributed by atoms with Gasteiger partial charge in [0, 0.05) is 25.3 Å². The van der Waals surface area contributed by atoms with Gasteiger partial charge in [0.05, 0.1) is 19.2 Å². The van der Waals surface area contributed by atoms with E-state index in [2.05, 4.69) is 28.6 Å². The number of hydrogen-bond acceptors (Lipinski definition) is 9. The SMILES string of the molecule is COC(=O)[C@H](CCSC)NC(=O)[C@@H]1Cc2ccccc2CN1C(=O)[C@@H](NC[C@H](CS)NC(=O)OC(C)(C)C)C(C)(C)C. The molecule has 1 aliphatic heterocycles. The van der Waals surface area contributed by atoms with Crippen LogP contribution in [0, 0.1) is 5.41 Å². The van der Waals surface area contributed by atoms with Crippen molar-refractivity contribution in [3.05, 3.63) is 35.4 Å². The molecule has 0 unspecified atom stereocenters. The third-order valence-electron chi connectivity index (χ3n) is 6.87. The number of carbonyl (C=O) groups is 4. The molecule has 0 radical (unpaired) electrons. The zero-order valence-electron chi connectivity index (χ0n) is 26.1. The predicted octanol–water partition coefficient (Wildman–Crippen LogP) is 3.18. The molecule has 0 saturated heterocycles. The fraction of sp³-hybridized carbons (Fsp3) is 0.667. The molecule has 0 bridgehead atoms. The van der Waals surface area contributed by atoms with E-state index in [0.717, 1.165) is 11.1 Å². The summed E-state index contributed by atoms with van der Waals surface area (Å²) in [6.07, 6.45) is 2.10. The molecular weight excluding hydrogens is 576 g/mol. The Labute approximate surface area is 260 Å². The van der Waals surface area contributed by atoms with Gasteiger partial charge >= 0.3 is 12.1 Å². The second-order valence-corrected chi connectivity index (χ2v) is 13.9. The van der Waals surface area contributed by atoms with Crippen molar-refractivity contribution < 1.29 is 28.7 Å². The highest BCUT2D eigenvalue weighted by atomic mass is 32.2. The number of fused-ring (bicyclic) bond motifs is 1. The number of rotatable bonds is 12. The van der Waals surface area contributed by atoms with E-state index >= 15 is 0 Å². The molecule has 0 spiro atoms. The van der Waals surface area contributed by atoms with Gasteiger partial charge < -0.3 is 30.3 Å². The number of alkyl carbamates (subject to hydrolysis) is 1. The quantitative estimate of drug-likeness (QED) is 0.207. The molecule has 3 amide bonds. The van der Waals surface area contributed by atoms with Crippen LogP contribution in [-0.4, -0.2) is 90.0 Å². The van der Waals surface area contributed by atoms with E-state index < -0.39 is 53.2 Å². The van der Waals surface area contributed by atoms with Crippen molar-refractivity contribution >= 4 is 48.3 Å². The second-order valence-electron chi connectivity index (χ2n) is 12.6. The van der Waals surface area contributed by atoms with E-state index in [9.17, 15) is 19.2 Å². The highest BCUT2D eigenvalue weighted by Gasteiger charge is 2.42. The summed E-state index contributed by atoms with van der Waals surface area (Å²) in [6.45, 7) is 11.7. The summed E-state index contributed by atoms with van der Waals surface area (Å²) < 4.78 is 10.3. The predicted molar refractivity (Wildman–Crippen MR) is 170 cm³/mol. The lowest BCUT2D eigenvalue weighted by Gasteiger charge is -2.41. The van der Waals surface area contributed by atoms with Gasteiger partial charge in [0.25, 0.3) is 0 Å². The maximum absolute atomic E-state index is 14.3. The Morgan fingerprint density at radius 1 is 1.07 bits per heavy atom. The number of carbonyl (C=O) groups excluding carboxylic acids is 4. The van der Waals surface area contributed by atoms with Gasteiger partial charge in [-0.25, -0.2) is 9.59 Å². The molecule has 1 aromatic carbocycles. The largest absolute Gasteiger partial charge is 0.467 e. The van der Waals surface area contributed by atoms with Gasteiger partial charge in [0.2, 0.25) is 11.8 Å². The molecule has 42 heavy (non-hydrogen) atoms. The van der Waals surface area contributed by atoms with Crippen molar-refractivity contribution in [2.75, 3.05) is 31.4 Å². The van der Waals surface area contributed by atoms with Crippen LogP contribution >= 0.6 is 24.4 Å². The fourth-order valence-electron chi connectivity index (χ4n) is 4.71. The van der Waals surface area contributed by atoms with Crippen molar-refractivity contribution in [2.24, 2.45) is 5.41 Å². The summed E-state index contributed by atoms with van der Waals surface area (Å²) in [5.74, 6) is -0.177. The van der Waals surface area contributed by atoms with Crippen molar-refractivity contribution in [3.8, 4) is 0 Å². The number of nitrogens with one attached hydrogen (secondary N) is 3. The Bertz CT molecular complexity index is 1090. The van der Waals surface area contributed by atoms with E-state index in [-0.39, 0.29) is 19.0 Å². The van der Waals surface area contributed by atoms with E-state index in [1.165, 1.54) is 7.11 Å². The Morgan fingerprint density at radius 2 is 1.71 bits per heavy atom. The first-order valence-corrected chi connectivity index (χ1v) is 16.2. The molecule has 0 aliphatic carbocycles. The van der Waals surface area contributed by atoms with E-state index in [1.54, 1.807) is 37.4 Å². The highest BCUT2D eigenvalue weighted by Crippen LogP contribution is 2.28. The van der Waals surface area contributed by atoms with Gasteiger partial charge in [0.15, 0.2) is 0 Å². The number of methoxy groups -OCH3 is 1. The highest BCUT2D eigenvalue weighted by molar-refractivity contribution is 7.98. The Morgan fingerprint density at radius 3 is 2.26 bits per heavy atom. The van der Waals surface area contributed by atoms with Gasteiger partial charge in [-0.2, -0.15) is 24.4 Å². The van der Waals surface area contributed by atoms with Gasteiger partial charge in [0.1, 0.15) is 17.7 Å². The Kier molecular flexibility index (Phi) is 13.5. The number of thiol groups is 1. The van der Waals surface area contributed by atoms with Crippen LogP contribution in [0.2, 0.25) is 0 Å². The smallest absolute Gasteiger partial charge is 0.407 e. The van der Waals surface area contributed by atoms with Crippen LogP contribution in [0.4, 0.5) is 4.79 Å². The number of nitrogens with zero attached hydrogens (tertiary/aromatic N) is 1. The molecule has 12 heteroatoms. The molecule has 1 heterocycles. The lowest BCUT2D eigenvalue weighted by Crippen LogP contribution is -2.62. The number of thioether (sulfide) groups is 1. The fourth-order valence-corrected chi connectivity index (χ4v) is 5.40. The number of ether oxygens (including phenoxy) is 2. The minimum absolute atomic E-state index is 0.244. The Balaban J connectivity index is 2.32. The van der Waals surface area contributed by atoms with Gasteiger partial charge in [-0.3, -0.25) is 9.59 Å². The number of benzene rings is 1. The van der Waals surface area contributed by atoms with Crippen LogP contribution in [-0.2, 0) is 36.8 Å². The topological polar surface area (TPSA) is 126 Å². The molecule has 2 rings (SSSR count). The lowest BCUT2D eigenvalue weighted by atomic mass is 9.84. The zero-order valence-corrected chi connectivity index (χ0v) is 27.8. The van der Waals surface area contributed by atoms with Crippen molar-refractivity contribution in [1.82, 2.24) is 20.9 Å². The minimum Gasteiger partial charge on any atom is -0.467 e. The van der Waals surface area contributed by atoms with E-state index in [1.807, 2.05) is 51.3 Å². The molecule has 4 atom stereocenters. The van der Waals surface area contributed by atoms with Crippen molar-refractivity contribution in [1.29, 1.82) is 0 Å². The third kappa shape index (κ3) is 10.7. The summed E-state index contributed by atoms with van der Waals surface area (Å²) >= 11 is 5.95. The first kappa shape index (κ1) is 35.8. The normalized spacial score (nSPS) is 17.4. The van der Waals surface area contributed by atoms with Gasteiger partial charge in [-0.05, 0) is 55.7 Å². The van der Waals surface area contributed by atoms with Gasteiger partial charge in [-0.15, -0.1) is 0 Å². The lowest BCUT2D eigenvalue weighted by molar-refractivity contribution is -0.148. The first-order chi connectivity index (χ1) is 19.6. The zero-order chi connectivity index (χ0) is 31.7. The molecule has 3 N–H and O–H groups in total. The number of amides is 3. The summed E-state index contributed by atoms with van der Waals surface area (Å²) in [6, 6.07) is 5.03. The average Bonchev–Trinajstić information content (AvgIpc) is 2.91. The molecule has 10 nitrogen and oxygen atoms in total. The van der Waals surface area contributed by atoms with Crippen LogP contribution in [0.15, 0.2) is 24.3 Å². The van der Waals surface area contributed by atoms with Crippen LogP contribution in [0.25, 0.3) is 0 Å². The Hall–Kier alpha value is -2.44. The van der Waals surface area contributed by atoms with Crippen LogP contribution in [0.3, 0.4) is 0 Å². The third-order valence-corrected chi connectivity index (χ3v) is 7.95. The molecule has 0 saturated carbocycles. The number of hydrogen-bond donors (Lipinski definition) is 4. The summed E-state index contributed by atoms with van der Waals surface area (Å²) in [5, 5.41) is 9.00. The van der Waals surface area contributed by atoms with E-state index in [4.69, 9.17) is 9.47 Å². The average molecular weight is 625 g/mol. The molecule has 1 aromatic rings. The maximum Gasteiger partial charge on any atom is 0.407 e. The van der Waals surface area contributed by atoms with Crippen molar-refractivity contribution in [2.45, 2.75) is 90.7 Å². The minimum atomic E-state index is -0.818. The van der Waals surface area contributed by atoms with Crippen LogP contribution in [0.1, 0.15) is 59.1 Å². The monoisotopic (exact) mass is 624 g/mol. The van der Waals surface area contributed by atoms with Crippen LogP contribution < -0.4 is 16.0 Å². The van der Waals surface area contributed by atoms with E-state index in [0.29, 0.717) is 24.3 Å². The maximum atomic E-state index is 14.3. The van der Waals surface area contributed by atoms with Crippen molar-refractivity contribution in [3.63, 3.8) is 0 Å². The summed E-state index contributed by atoms with van der Waals surface area (Å²) in [4.78, 5) is 54.4. The molecule has 0 fully saturated rings. The first-order valence-electron chi connectivity index (χ1n) is 14.2.